The molecule has 0 rings (SSSR count). The van der Waals surface area contributed by atoms with E-state index in [2.05, 4.69) is 10.6 Å². The number of nitrogens with one attached hydrogen (secondary N) is 2. The molecule has 9 heteroatoms. The fourth-order valence-electron chi connectivity index (χ4n) is 1.72. The van der Waals surface area contributed by atoms with E-state index in [9.17, 15) is 24.0 Å². The number of carbonyl (C=O) groups excluding carboxylic acids is 3. The summed E-state index contributed by atoms with van der Waals surface area (Å²) < 4.78 is 0. The van der Waals surface area contributed by atoms with Gasteiger partial charge in [0.2, 0.25) is 11.8 Å². The number of carboxylic acids is 2. The van der Waals surface area contributed by atoms with Crippen molar-refractivity contribution >= 4 is 29.5 Å². The third kappa shape index (κ3) is 10.3. The SMILES string of the molecule is CC(C)C(=O)CCC(NC(=O)CCC(=O)NCCC(=O)O)C(=O)O. The van der Waals surface area contributed by atoms with Gasteiger partial charge in [-0.1, -0.05) is 13.8 Å². The first kappa shape index (κ1) is 21.6. The average Bonchev–Trinajstić information content (AvgIpc) is 2.48. The van der Waals surface area contributed by atoms with Gasteiger partial charge < -0.3 is 20.8 Å². The summed E-state index contributed by atoms with van der Waals surface area (Å²) >= 11 is 0. The minimum Gasteiger partial charge on any atom is -0.481 e. The fraction of sp³-hybridized carbons (Fsp3) is 0.667. The van der Waals surface area contributed by atoms with Crippen LogP contribution >= 0.6 is 0 Å². The number of carbonyl (C=O) groups is 5. The minimum absolute atomic E-state index is 0.0110. The summed E-state index contributed by atoms with van der Waals surface area (Å²) in [7, 11) is 0. The number of hydrogen-bond acceptors (Lipinski definition) is 5. The van der Waals surface area contributed by atoms with Crippen LogP contribution in [0, 0.1) is 5.92 Å². The monoisotopic (exact) mass is 344 g/mol. The third-order valence-electron chi connectivity index (χ3n) is 3.20. The van der Waals surface area contributed by atoms with Crippen molar-refractivity contribution < 1.29 is 34.2 Å². The van der Waals surface area contributed by atoms with Gasteiger partial charge in [-0.25, -0.2) is 4.79 Å². The molecule has 0 aliphatic heterocycles. The van der Waals surface area contributed by atoms with Gasteiger partial charge in [0.15, 0.2) is 0 Å². The molecule has 1 atom stereocenters. The molecule has 2 amide bonds. The minimum atomic E-state index is -1.24. The molecule has 0 aromatic carbocycles. The highest BCUT2D eigenvalue weighted by Crippen LogP contribution is 2.06. The zero-order valence-corrected chi connectivity index (χ0v) is 13.8. The van der Waals surface area contributed by atoms with Crippen molar-refractivity contribution in [2.24, 2.45) is 5.92 Å². The number of Topliss-reactive ketones (excluding diaryl/α,β-unsaturated/α-hetero) is 1. The van der Waals surface area contributed by atoms with Crippen LogP contribution in [0.4, 0.5) is 0 Å². The van der Waals surface area contributed by atoms with Gasteiger partial charge in [0, 0.05) is 31.7 Å². The standard InChI is InChI=1S/C15H24N2O7/c1-9(2)11(18)4-3-10(15(23)24)17-13(20)6-5-12(19)16-8-7-14(21)22/h9-10H,3-8H2,1-2H3,(H,16,19)(H,17,20)(H,21,22)(H,23,24). The molecule has 9 nitrogen and oxygen atoms in total. The van der Waals surface area contributed by atoms with Gasteiger partial charge >= 0.3 is 11.9 Å². The first-order chi connectivity index (χ1) is 11.1. The van der Waals surface area contributed by atoms with Crippen molar-refractivity contribution in [3.05, 3.63) is 0 Å². The Morgan fingerprint density at radius 2 is 1.46 bits per heavy atom. The first-order valence-electron chi connectivity index (χ1n) is 7.66. The lowest BCUT2D eigenvalue weighted by molar-refractivity contribution is -0.142. The largest absolute Gasteiger partial charge is 0.481 e. The van der Waals surface area contributed by atoms with E-state index in [1.165, 1.54) is 0 Å². The Hall–Kier alpha value is -2.45. The Morgan fingerprint density at radius 3 is 1.96 bits per heavy atom. The zero-order valence-electron chi connectivity index (χ0n) is 13.8. The predicted molar refractivity (Wildman–Crippen MR) is 83.1 cm³/mol. The smallest absolute Gasteiger partial charge is 0.326 e. The highest BCUT2D eigenvalue weighted by atomic mass is 16.4. The molecule has 24 heavy (non-hydrogen) atoms. The van der Waals surface area contributed by atoms with Crippen LogP contribution in [0.15, 0.2) is 0 Å². The van der Waals surface area contributed by atoms with Crippen molar-refractivity contribution in [3.63, 3.8) is 0 Å². The topological polar surface area (TPSA) is 150 Å². The molecule has 4 N–H and O–H groups in total. The summed E-state index contributed by atoms with van der Waals surface area (Å²) in [4.78, 5) is 56.0. The summed E-state index contributed by atoms with van der Waals surface area (Å²) in [6, 6.07) is -1.18. The summed E-state index contributed by atoms with van der Waals surface area (Å²) in [5.74, 6) is -3.70. The lowest BCUT2D eigenvalue weighted by Crippen LogP contribution is -2.41. The van der Waals surface area contributed by atoms with Crippen LogP contribution in [-0.4, -0.2) is 52.3 Å². The van der Waals surface area contributed by atoms with E-state index < -0.39 is 29.8 Å². The molecule has 0 aromatic rings. The quantitative estimate of drug-likeness (QED) is 0.387. The second-order valence-corrected chi connectivity index (χ2v) is 5.61. The first-order valence-corrected chi connectivity index (χ1v) is 7.66. The van der Waals surface area contributed by atoms with Gasteiger partial charge in [-0.05, 0) is 6.42 Å². The molecule has 0 spiro atoms. The number of carboxylic acid groups (broad SMARTS) is 2. The van der Waals surface area contributed by atoms with Crippen LogP contribution in [0.5, 0.6) is 0 Å². The molecule has 0 aliphatic rings. The molecule has 0 heterocycles. The van der Waals surface area contributed by atoms with Gasteiger partial charge in [0.1, 0.15) is 11.8 Å². The predicted octanol–water partition coefficient (Wildman–Crippen LogP) is -0.0678. The Morgan fingerprint density at radius 1 is 0.875 bits per heavy atom. The zero-order chi connectivity index (χ0) is 18.7. The lowest BCUT2D eigenvalue weighted by atomic mass is 10.0. The summed E-state index contributed by atoms with van der Waals surface area (Å²) in [6.07, 6.45) is -0.583. The van der Waals surface area contributed by atoms with Gasteiger partial charge in [-0.2, -0.15) is 0 Å². The molecule has 0 saturated carbocycles. The van der Waals surface area contributed by atoms with Crippen LogP contribution < -0.4 is 10.6 Å². The maximum absolute atomic E-state index is 11.7. The number of rotatable bonds is 12. The van der Waals surface area contributed by atoms with Gasteiger partial charge in [-0.15, -0.1) is 0 Å². The molecule has 1 unspecified atom stereocenters. The molecule has 0 fully saturated rings. The highest BCUT2D eigenvalue weighted by Gasteiger charge is 2.22. The highest BCUT2D eigenvalue weighted by molar-refractivity contribution is 5.87. The Bertz CT molecular complexity index is 488. The summed E-state index contributed by atoms with van der Waals surface area (Å²) in [6.45, 7) is 3.38. The van der Waals surface area contributed by atoms with Gasteiger partial charge in [-0.3, -0.25) is 19.2 Å². The number of aliphatic carboxylic acids is 2. The van der Waals surface area contributed by atoms with Crippen molar-refractivity contribution in [2.75, 3.05) is 6.54 Å². The summed E-state index contributed by atoms with van der Waals surface area (Å²) in [5.41, 5.74) is 0. The van der Waals surface area contributed by atoms with E-state index in [1.54, 1.807) is 13.8 Å². The second kappa shape index (κ2) is 11.1. The third-order valence-corrected chi connectivity index (χ3v) is 3.20. The van der Waals surface area contributed by atoms with Crippen LogP contribution in [0.3, 0.4) is 0 Å². The van der Waals surface area contributed by atoms with E-state index in [4.69, 9.17) is 10.2 Å². The molecule has 0 saturated heterocycles. The molecular weight excluding hydrogens is 320 g/mol. The summed E-state index contributed by atoms with van der Waals surface area (Å²) in [5, 5.41) is 22.1. The number of ketones is 1. The molecular formula is C15H24N2O7. The maximum Gasteiger partial charge on any atom is 0.326 e. The van der Waals surface area contributed by atoms with Crippen LogP contribution in [0.2, 0.25) is 0 Å². The Balaban J connectivity index is 4.19. The van der Waals surface area contributed by atoms with Crippen LogP contribution in [0.1, 0.15) is 46.0 Å². The van der Waals surface area contributed by atoms with E-state index in [0.717, 1.165) is 0 Å². The molecule has 136 valence electrons. The van der Waals surface area contributed by atoms with Gasteiger partial charge in [0.05, 0.1) is 6.42 Å². The van der Waals surface area contributed by atoms with E-state index in [-0.39, 0.29) is 50.4 Å². The maximum atomic E-state index is 11.7. The second-order valence-electron chi connectivity index (χ2n) is 5.61. The molecule has 0 aliphatic carbocycles. The van der Waals surface area contributed by atoms with Crippen molar-refractivity contribution in [3.8, 4) is 0 Å². The van der Waals surface area contributed by atoms with Crippen molar-refractivity contribution in [1.82, 2.24) is 10.6 Å². The van der Waals surface area contributed by atoms with Crippen LogP contribution in [0.25, 0.3) is 0 Å². The Labute approximate surface area is 139 Å². The molecule has 0 aromatic heterocycles. The molecule has 0 radical (unpaired) electrons. The van der Waals surface area contributed by atoms with Crippen molar-refractivity contribution in [1.29, 1.82) is 0 Å². The van der Waals surface area contributed by atoms with Crippen LogP contribution in [-0.2, 0) is 24.0 Å². The normalized spacial score (nSPS) is 11.6. The molecule has 0 bridgehead atoms. The lowest BCUT2D eigenvalue weighted by Gasteiger charge is -2.14. The van der Waals surface area contributed by atoms with E-state index >= 15 is 0 Å². The Kier molecular flexibility index (Phi) is 10.0. The fourth-order valence-corrected chi connectivity index (χ4v) is 1.72. The number of amides is 2. The number of hydrogen-bond donors (Lipinski definition) is 4. The van der Waals surface area contributed by atoms with Gasteiger partial charge in [0.25, 0.3) is 0 Å². The van der Waals surface area contributed by atoms with E-state index in [1.807, 2.05) is 0 Å². The van der Waals surface area contributed by atoms with Crippen molar-refractivity contribution in [2.45, 2.75) is 52.0 Å². The average molecular weight is 344 g/mol. The van der Waals surface area contributed by atoms with E-state index in [0.29, 0.717) is 0 Å².